The summed E-state index contributed by atoms with van der Waals surface area (Å²) in [4.78, 5) is 0. The molecule has 0 saturated heterocycles. The van der Waals surface area contributed by atoms with E-state index in [2.05, 4.69) is 93.0 Å². The van der Waals surface area contributed by atoms with Crippen LogP contribution >= 0.6 is 0 Å². The highest BCUT2D eigenvalue weighted by molar-refractivity contribution is 6.08. The van der Waals surface area contributed by atoms with E-state index in [1.165, 1.54) is 49.6 Å². The summed E-state index contributed by atoms with van der Waals surface area (Å²) in [5, 5.41) is 2.63. The summed E-state index contributed by atoms with van der Waals surface area (Å²) in [7, 11) is -2.79. The zero-order valence-electron chi connectivity index (χ0n) is 16.7. The minimum Gasteiger partial charge on any atom is -0.222 e. The average molecular weight is 412 g/mol. The molecule has 1 heterocycles. The maximum atomic E-state index is 8.49. The molecule has 0 aliphatic rings. The fourth-order valence-electron chi connectivity index (χ4n) is 4.07. The van der Waals surface area contributed by atoms with Crippen LogP contribution in [-0.4, -0.2) is 0 Å². The summed E-state index contributed by atoms with van der Waals surface area (Å²) in [5.41, 5.74) is 9.27. The molecular formula is C23H22ClNO4. The van der Waals surface area contributed by atoms with E-state index in [1.54, 1.807) is 0 Å². The maximum Gasteiger partial charge on any atom is 0.213 e. The minimum absolute atomic E-state index is 1.27. The van der Waals surface area contributed by atoms with Crippen LogP contribution in [-0.2, 0) is 7.05 Å². The molecule has 0 spiro atoms. The number of aromatic nitrogens is 1. The van der Waals surface area contributed by atoms with Gasteiger partial charge in [-0.15, -0.1) is 10.2 Å². The van der Waals surface area contributed by atoms with Gasteiger partial charge in [-0.25, -0.2) is 18.6 Å². The first kappa shape index (κ1) is 21.2. The van der Waals surface area contributed by atoms with Gasteiger partial charge in [-0.2, -0.15) is 4.57 Å². The van der Waals surface area contributed by atoms with E-state index in [0.717, 1.165) is 0 Å². The molecule has 0 aliphatic carbocycles. The molecular weight excluding hydrogens is 390 g/mol. The van der Waals surface area contributed by atoms with Crippen LogP contribution in [0.4, 0.5) is 0 Å². The van der Waals surface area contributed by atoms with Crippen LogP contribution in [0.1, 0.15) is 16.7 Å². The molecule has 0 radical (unpaired) electrons. The highest BCUT2D eigenvalue weighted by Gasteiger charge is 2.20. The summed E-state index contributed by atoms with van der Waals surface area (Å²) in [6.45, 7) is 6.63. The number of halogens is 1. The van der Waals surface area contributed by atoms with Crippen LogP contribution in [0.3, 0.4) is 0 Å². The lowest BCUT2D eigenvalue weighted by atomic mass is 9.89. The van der Waals surface area contributed by atoms with Crippen molar-refractivity contribution in [1.29, 1.82) is 0 Å². The van der Waals surface area contributed by atoms with Crippen molar-refractivity contribution >= 4 is 21.8 Å². The Kier molecular flexibility index (Phi) is 5.89. The van der Waals surface area contributed by atoms with E-state index < -0.39 is 10.2 Å². The monoisotopic (exact) mass is 411 g/mol. The van der Waals surface area contributed by atoms with Crippen molar-refractivity contribution in [3.63, 3.8) is 0 Å². The summed E-state index contributed by atoms with van der Waals surface area (Å²) in [5.74, 6) is 0. The van der Waals surface area contributed by atoms with Crippen LogP contribution in [0.5, 0.6) is 0 Å². The number of pyridine rings is 1. The zero-order valence-corrected chi connectivity index (χ0v) is 17.5. The van der Waals surface area contributed by atoms with Gasteiger partial charge in [-0.1, -0.05) is 42.0 Å². The van der Waals surface area contributed by atoms with Crippen molar-refractivity contribution in [2.24, 2.45) is 7.05 Å². The van der Waals surface area contributed by atoms with Crippen molar-refractivity contribution in [2.45, 2.75) is 20.8 Å². The Morgan fingerprint density at radius 1 is 0.655 bits per heavy atom. The molecule has 0 bridgehead atoms. The Bertz CT molecular complexity index is 1110. The fourth-order valence-corrected chi connectivity index (χ4v) is 4.07. The lowest BCUT2D eigenvalue weighted by molar-refractivity contribution is -2.00. The fraction of sp³-hybridized carbons (Fsp3) is 0.174. The first-order chi connectivity index (χ1) is 13.6. The third-order valence-electron chi connectivity index (χ3n) is 5.00. The molecule has 0 aliphatic heterocycles. The Balaban J connectivity index is 0.000000431. The van der Waals surface area contributed by atoms with Gasteiger partial charge < -0.3 is 0 Å². The smallest absolute Gasteiger partial charge is 0.213 e. The van der Waals surface area contributed by atoms with E-state index >= 15 is 0 Å². The first-order valence-electron chi connectivity index (χ1n) is 9.07. The van der Waals surface area contributed by atoms with Gasteiger partial charge in [0.1, 0.15) is 7.05 Å². The SMILES string of the molecule is Cc1cc(C)c(-c2c3ccccc3[n+](C)c3ccccc23)c(C)c1.[O-][Cl+3]([O-])([O-])[O-]. The number of aryl methyl sites for hydroxylation is 4. The second-order valence-corrected chi connectivity index (χ2v) is 7.88. The molecule has 0 fully saturated rings. The number of hydrogen-bond acceptors (Lipinski definition) is 4. The molecule has 4 rings (SSSR count). The molecule has 0 amide bonds. The van der Waals surface area contributed by atoms with Gasteiger partial charge in [-0.3, -0.25) is 0 Å². The number of hydrogen-bond donors (Lipinski definition) is 0. The van der Waals surface area contributed by atoms with Gasteiger partial charge in [0.15, 0.2) is 0 Å². The van der Waals surface area contributed by atoms with E-state index in [4.69, 9.17) is 18.6 Å². The Hall–Kier alpha value is -2.54. The van der Waals surface area contributed by atoms with Crippen molar-refractivity contribution < 1.29 is 33.4 Å². The number of rotatable bonds is 1. The highest BCUT2D eigenvalue weighted by Crippen LogP contribution is 2.37. The van der Waals surface area contributed by atoms with Gasteiger partial charge in [0, 0.05) is 17.7 Å². The van der Waals surface area contributed by atoms with Crippen molar-refractivity contribution in [3.8, 4) is 11.1 Å². The normalized spacial score (nSPS) is 11.4. The Labute approximate surface area is 171 Å². The molecule has 0 unspecified atom stereocenters. The predicted molar refractivity (Wildman–Crippen MR) is 102 cm³/mol. The van der Waals surface area contributed by atoms with Crippen LogP contribution in [0.15, 0.2) is 60.7 Å². The van der Waals surface area contributed by atoms with Crippen molar-refractivity contribution in [3.05, 3.63) is 77.4 Å². The average Bonchev–Trinajstić information content (AvgIpc) is 2.62. The van der Waals surface area contributed by atoms with Crippen LogP contribution in [0.25, 0.3) is 32.9 Å². The lowest BCUT2D eigenvalue weighted by Gasteiger charge is -2.17. The molecule has 0 N–H and O–H groups in total. The topological polar surface area (TPSA) is 96.1 Å². The lowest BCUT2D eigenvalue weighted by Crippen LogP contribution is -2.68. The standard InChI is InChI=1S/C23H22N.ClHO4/c1-15-13-16(2)22(17(3)14-15)23-18-9-5-7-11-20(18)24(4)21-12-8-6-10-19(21)23;2-1(3,4)5/h5-14H,1-4H3;(H,2,3,4,5)/q+1;/p-1. The molecule has 0 saturated carbocycles. The van der Waals surface area contributed by atoms with Gasteiger partial charge in [0.05, 0.1) is 10.8 Å². The van der Waals surface area contributed by atoms with Crippen LogP contribution in [0, 0.1) is 31.0 Å². The number of para-hydroxylation sites is 2. The molecule has 29 heavy (non-hydrogen) atoms. The Morgan fingerprint density at radius 2 is 1.03 bits per heavy atom. The van der Waals surface area contributed by atoms with Crippen molar-refractivity contribution in [2.75, 3.05) is 0 Å². The number of nitrogens with zero attached hydrogens (tertiary/aromatic N) is 1. The van der Waals surface area contributed by atoms with Gasteiger partial charge in [0.25, 0.3) is 0 Å². The largest absolute Gasteiger partial charge is 0.222 e. The van der Waals surface area contributed by atoms with Gasteiger partial charge >= 0.3 is 0 Å². The molecule has 1 aromatic heterocycles. The molecule has 5 nitrogen and oxygen atoms in total. The van der Waals surface area contributed by atoms with Gasteiger partial charge in [0.2, 0.25) is 11.0 Å². The zero-order chi connectivity index (χ0) is 21.3. The second-order valence-electron chi connectivity index (χ2n) is 7.12. The second kappa shape index (κ2) is 8.06. The molecule has 4 aromatic rings. The highest BCUT2D eigenvalue weighted by atomic mass is 35.7. The quantitative estimate of drug-likeness (QED) is 0.339. The summed E-state index contributed by atoms with van der Waals surface area (Å²) in [6.07, 6.45) is 0. The molecule has 0 atom stereocenters. The van der Waals surface area contributed by atoms with Crippen molar-refractivity contribution in [1.82, 2.24) is 0 Å². The summed E-state index contributed by atoms with van der Waals surface area (Å²) >= 11 is 0. The van der Waals surface area contributed by atoms with E-state index in [9.17, 15) is 0 Å². The Morgan fingerprint density at radius 3 is 1.45 bits per heavy atom. The third kappa shape index (κ3) is 4.56. The molecule has 150 valence electrons. The van der Waals surface area contributed by atoms with E-state index in [-0.39, 0.29) is 0 Å². The van der Waals surface area contributed by atoms with Crippen LogP contribution in [0.2, 0.25) is 0 Å². The van der Waals surface area contributed by atoms with Gasteiger partial charge in [-0.05, 0) is 49.6 Å². The first-order valence-corrected chi connectivity index (χ1v) is 10.3. The van der Waals surface area contributed by atoms with E-state index in [1.807, 2.05) is 0 Å². The predicted octanol–water partition coefficient (Wildman–Crippen LogP) is 0.654. The number of benzene rings is 3. The number of fused-ring (bicyclic) bond motifs is 2. The van der Waals surface area contributed by atoms with Crippen LogP contribution < -0.4 is 23.2 Å². The third-order valence-corrected chi connectivity index (χ3v) is 5.00. The molecule has 3 aromatic carbocycles. The summed E-state index contributed by atoms with van der Waals surface area (Å²) in [6, 6.07) is 22.0. The summed E-state index contributed by atoms with van der Waals surface area (Å²) < 4.78 is 36.3. The minimum atomic E-state index is -4.94. The van der Waals surface area contributed by atoms with E-state index in [0.29, 0.717) is 0 Å². The maximum absolute atomic E-state index is 8.49. The molecule has 6 heteroatoms.